The molecule has 0 saturated heterocycles. The summed E-state index contributed by atoms with van der Waals surface area (Å²) in [6.45, 7) is 3.42. The van der Waals surface area contributed by atoms with E-state index in [0.29, 0.717) is 42.4 Å². The minimum atomic E-state index is -0.415. The number of fused-ring (bicyclic) bond motifs is 3. The van der Waals surface area contributed by atoms with Crippen molar-refractivity contribution in [2.24, 2.45) is 7.05 Å². The number of carbonyl (C=O) groups excluding carboxylic acids is 1. The Morgan fingerprint density at radius 2 is 1.80 bits per heavy atom. The molecule has 0 saturated carbocycles. The molecule has 9 nitrogen and oxygen atoms in total. The number of aromatic nitrogens is 4. The molecule has 35 heavy (non-hydrogen) atoms. The predicted octanol–water partition coefficient (Wildman–Crippen LogP) is 2.94. The largest absolute Gasteiger partial charge is 0.462 e. The molecule has 0 fully saturated rings. The van der Waals surface area contributed by atoms with Crippen molar-refractivity contribution in [3.05, 3.63) is 92.6 Å². The van der Waals surface area contributed by atoms with Crippen LogP contribution in [0, 0.1) is 0 Å². The second-order valence-corrected chi connectivity index (χ2v) is 8.23. The van der Waals surface area contributed by atoms with Crippen LogP contribution in [0.25, 0.3) is 17.2 Å². The molecular formula is C26H25N5O4. The number of imidazole rings is 1. The third-order valence-electron chi connectivity index (χ3n) is 6.09. The van der Waals surface area contributed by atoms with Gasteiger partial charge in [0.05, 0.1) is 12.2 Å². The highest BCUT2D eigenvalue weighted by molar-refractivity contribution is 5.90. The minimum Gasteiger partial charge on any atom is -0.462 e. The number of allylic oxidation sites excluding steroid dienone is 1. The highest BCUT2D eigenvalue weighted by atomic mass is 16.5. The zero-order valence-electron chi connectivity index (χ0n) is 19.5. The van der Waals surface area contributed by atoms with Gasteiger partial charge < -0.3 is 14.2 Å². The van der Waals surface area contributed by atoms with Crippen molar-refractivity contribution in [2.45, 2.75) is 20.0 Å². The van der Waals surface area contributed by atoms with E-state index in [1.54, 1.807) is 26.1 Å². The minimum absolute atomic E-state index is 0.163. The van der Waals surface area contributed by atoms with Gasteiger partial charge in [0.25, 0.3) is 5.56 Å². The van der Waals surface area contributed by atoms with Gasteiger partial charge in [0.15, 0.2) is 11.2 Å². The number of esters is 1. The van der Waals surface area contributed by atoms with Crippen molar-refractivity contribution in [3.63, 3.8) is 0 Å². The van der Waals surface area contributed by atoms with Gasteiger partial charge in [0.2, 0.25) is 5.95 Å². The summed E-state index contributed by atoms with van der Waals surface area (Å²) in [6.07, 6.45) is 3.70. The van der Waals surface area contributed by atoms with E-state index in [0.717, 1.165) is 11.3 Å². The van der Waals surface area contributed by atoms with Gasteiger partial charge in [0, 0.05) is 32.4 Å². The first-order valence-electron chi connectivity index (χ1n) is 11.5. The average Bonchev–Trinajstić information content (AvgIpc) is 3.45. The van der Waals surface area contributed by atoms with Crippen molar-refractivity contribution in [3.8, 4) is 0 Å². The number of carbonyl (C=O) groups is 1. The maximum Gasteiger partial charge on any atom is 0.338 e. The Kier molecular flexibility index (Phi) is 5.82. The normalized spacial score (nSPS) is 13.0. The molecule has 1 aliphatic rings. The molecule has 0 aliphatic carbocycles. The van der Waals surface area contributed by atoms with Crippen LogP contribution < -0.4 is 16.1 Å². The van der Waals surface area contributed by atoms with Crippen LogP contribution in [0.5, 0.6) is 0 Å². The summed E-state index contributed by atoms with van der Waals surface area (Å²) in [5.74, 6) is 0.220. The Bertz CT molecular complexity index is 1550. The number of hydrogen-bond acceptors (Lipinski definition) is 6. The first-order chi connectivity index (χ1) is 17.0. The molecular weight excluding hydrogens is 446 g/mol. The molecule has 0 atom stereocenters. The molecule has 4 aromatic rings. The average molecular weight is 472 g/mol. The monoisotopic (exact) mass is 471 g/mol. The van der Waals surface area contributed by atoms with Crippen molar-refractivity contribution in [1.82, 2.24) is 18.7 Å². The van der Waals surface area contributed by atoms with Crippen LogP contribution in [0.4, 0.5) is 11.6 Å². The standard InChI is InChI=1S/C26H25N5O4/c1-3-35-24(33)19-11-13-20(14-12-19)29-16-17-30-21-22(27-25(29)30)28(2)26(34)31(23(21)32)15-7-10-18-8-5-4-6-9-18/h4-14H,3,15-17H2,1-2H3. The number of rotatable bonds is 6. The zero-order valence-corrected chi connectivity index (χ0v) is 19.5. The van der Waals surface area contributed by atoms with Crippen molar-refractivity contribution in [2.75, 3.05) is 18.1 Å². The van der Waals surface area contributed by atoms with Gasteiger partial charge in [-0.1, -0.05) is 42.5 Å². The number of ether oxygens (including phenoxy) is 1. The van der Waals surface area contributed by atoms with Crippen LogP contribution in [0.2, 0.25) is 0 Å². The molecule has 178 valence electrons. The summed E-state index contributed by atoms with van der Waals surface area (Å²) < 4.78 is 9.55. The first-order valence-corrected chi connectivity index (χ1v) is 11.5. The molecule has 9 heteroatoms. The Morgan fingerprint density at radius 3 is 2.51 bits per heavy atom. The van der Waals surface area contributed by atoms with E-state index in [1.807, 2.05) is 64.1 Å². The quantitative estimate of drug-likeness (QED) is 0.402. The third-order valence-corrected chi connectivity index (χ3v) is 6.09. The van der Waals surface area contributed by atoms with Crippen LogP contribution in [0.15, 0.2) is 70.3 Å². The summed E-state index contributed by atoms with van der Waals surface area (Å²) in [5, 5.41) is 0. The van der Waals surface area contributed by atoms with Gasteiger partial charge in [-0.2, -0.15) is 4.98 Å². The van der Waals surface area contributed by atoms with Crippen LogP contribution in [-0.2, 0) is 24.9 Å². The molecule has 2 aromatic carbocycles. The molecule has 2 aromatic heterocycles. The second-order valence-electron chi connectivity index (χ2n) is 8.23. The van der Waals surface area contributed by atoms with Gasteiger partial charge in [-0.25, -0.2) is 9.59 Å². The molecule has 3 heterocycles. The number of nitrogens with zero attached hydrogens (tertiary/aromatic N) is 5. The van der Waals surface area contributed by atoms with E-state index in [9.17, 15) is 14.4 Å². The molecule has 0 amide bonds. The summed E-state index contributed by atoms with van der Waals surface area (Å²) in [5.41, 5.74) is 2.28. The topological polar surface area (TPSA) is 91.4 Å². The fraction of sp³-hybridized carbons (Fsp3) is 0.231. The van der Waals surface area contributed by atoms with Crippen LogP contribution in [-0.4, -0.2) is 37.8 Å². The van der Waals surface area contributed by atoms with Gasteiger partial charge >= 0.3 is 11.7 Å². The maximum absolute atomic E-state index is 13.4. The lowest BCUT2D eigenvalue weighted by molar-refractivity contribution is 0.0526. The number of aryl methyl sites for hydroxylation is 1. The van der Waals surface area contributed by atoms with Gasteiger partial charge in [0.1, 0.15) is 0 Å². The lowest BCUT2D eigenvalue weighted by atomic mass is 10.2. The molecule has 0 unspecified atom stereocenters. The van der Waals surface area contributed by atoms with Gasteiger partial charge in [-0.15, -0.1) is 0 Å². The van der Waals surface area contributed by atoms with E-state index >= 15 is 0 Å². The van der Waals surface area contributed by atoms with Crippen LogP contribution in [0.1, 0.15) is 22.8 Å². The molecule has 0 bridgehead atoms. The summed E-state index contributed by atoms with van der Waals surface area (Å²) in [7, 11) is 1.63. The number of benzene rings is 2. The maximum atomic E-state index is 13.4. The smallest absolute Gasteiger partial charge is 0.338 e. The van der Waals surface area contributed by atoms with Gasteiger partial charge in [-0.3, -0.25) is 13.9 Å². The van der Waals surface area contributed by atoms with Crippen molar-refractivity contribution in [1.29, 1.82) is 0 Å². The van der Waals surface area contributed by atoms with Crippen LogP contribution >= 0.6 is 0 Å². The molecule has 0 N–H and O–H groups in total. The first kappa shape index (κ1) is 22.4. The van der Waals surface area contributed by atoms with Crippen molar-refractivity contribution < 1.29 is 9.53 Å². The lowest BCUT2D eigenvalue weighted by Crippen LogP contribution is -2.39. The fourth-order valence-electron chi connectivity index (χ4n) is 4.33. The Morgan fingerprint density at radius 1 is 1.06 bits per heavy atom. The molecule has 0 radical (unpaired) electrons. The molecule has 0 spiro atoms. The SMILES string of the molecule is CCOC(=O)c1ccc(N2CCn3c2nc2c3c(=O)n(CC=Cc3ccccc3)c(=O)n2C)cc1. The Hall–Kier alpha value is -4.40. The summed E-state index contributed by atoms with van der Waals surface area (Å²) >= 11 is 0. The second kappa shape index (κ2) is 9.09. The number of anilines is 2. The lowest BCUT2D eigenvalue weighted by Gasteiger charge is -2.16. The van der Waals surface area contributed by atoms with Crippen molar-refractivity contribution >= 4 is 34.8 Å². The predicted molar refractivity (Wildman–Crippen MR) is 134 cm³/mol. The van der Waals surface area contributed by atoms with E-state index in [2.05, 4.69) is 4.98 Å². The Labute approximate surface area is 201 Å². The van der Waals surface area contributed by atoms with E-state index < -0.39 is 5.69 Å². The van der Waals surface area contributed by atoms with E-state index in [4.69, 9.17) is 4.74 Å². The highest BCUT2D eigenvalue weighted by Gasteiger charge is 2.28. The molecule has 1 aliphatic heterocycles. The number of hydrogen-bond donors (Lipinski definition) is 0. The summed E-state index contributed by atoms with van der Waals surface area (Å²) in [4.78, 5) is 44.9. The van der Waals surface area contributed by atoms with Crippen LogP contribution in [0.3, 0.4) is 0 Å². The third kappa shape index (κ3) is 3.95. The summed E-state index contributed by atoms with van der Waals surface area (Å²) in [6, 6.07) is 16.8. The van der Waals surface area contributed by atoms with Gasteiger partial charge in [-0.05, 0) is 36.8 Å². The molecule has 5 rings (SSSR count). The Balaban J connectivity index is 1.50. The van der Waals surface area contributed by atoms with E-state index in [1.165, 1.54) is 9.13 Å². The zero-order chi connectivity index (χ0) is 24.5. The van der Waals surface area contributed by atoms with E-state index in [-0.39, 0.29) is 18.1 Å². The highest BCUT2D eigenvalue weighted by Crippen LogP contribution is 2.31. The fourth-order valence-corrected chi connectivity index (χ4v) is 4.33.